The molecule has 0 spiro atoms. The van der Waals surface area contributed by atoms with Crippen molar-refractivity contribution in [1.82, 2.24) is 19.7 Å². The second kappa shape index (κ2) is 11.8. The van der Waals surface area contributed by atoms with E-state index in [0.717, 1.165) is 26.1 Å². The molecule has 3 heterocycles. The highest BCUT2D eigenvalue weighted by molar-refractivity contribution is 7.89. The van der Waals surface area contributed by atoms with Crippen molar-refractivity contribution in [2.45, 2.75) is 37.6 Å². The summed E-state index contributed by atoms with van der Waals surface area (Å²) in [6.45, 7) is 5.23. The maximum Gasteiger partial charge on any atom is 0.248 e. The van der Waals surface area contributed by atoms with Gasteiger partial charge in [-0.05, 0) is 55.5 Å². The van der Waals surface area contributed by atoms with Crippen molar-refractivity contribution in [3.05, 3.63) is 82.5 Å². The summed E-state index contributed by atoms with van der Waals surface area (Å²) in [5.41, 5.74) is 3.29. The van der Waals surface area contributed by atoms with Crippen LogP contribution in [-0.4, -0.2) is 61.4 Å². The first-order chi connectivity index (χ1) is 18.8. The van der Waals surface area contributed by atoms with Gasteiger partial charge in [0.05, 0.1) is 0 Å². The van der Waals surface area contributed by atoms with Crippen LogP contribution in [-0.2, 0) is 27.8 Å². The van der Waals surface area contributed by atoms with Crippen LogP contribution < -0.4 is 5.32 Å². The average molecular weight is 553 g/mol. The Kier molecular flexibility index (Phi) is 8.25. The fraction of sp³-hybridized carbons (Fsp3) is 0.379. The molecule has 1 fully saturated rings. The van der Waals surface area contributed by atoms with Gasteiger partial charge in [0.15, 0.2) is 10.7 Å². The second-order valence-electron chi connectivity index (χ2n) is 10.1. The van der Waals surface area contributed by atoms with E-state index in [1.54, 1.807) is 25.1 Å². The standard InChI is InChI=1S/C29H33FN4O4S/c1-21-28(27(38-32-21)11-10-23-7-4-5-9-26(23)30)39(36,37)34-17-13-24(14-18-34)29(35)31-15-19-33-16-12-22-6-2-3-8-25(22)20-33/h2-11,24H,12-20H2,1H3,(H,31,35)/b11-10+. The van der Waals surface area contributed by atoms with Crippen molar-refractivity contribution in [2.75, 3.05) is 32.7 Å². The molecule has 206 valence electrons. The van der Waals surface area contributed by atoms with Gasteiger partial charge in [0, 0.05) is 50.7 Å². The van der Waals surface area contributed by atoms with Crippen LogP contribution in [0.15, 0.2) is 57.9 Å². The van der Waals surface area contributed by atoms with Crippen molar-refractivity contribution in [3.63, 3.8) is 0 Å². The Hall–Kier alpha value is -3.34. The van der Waals surface area contributed by atoms with E-state index in [-0.39, 0.29) is 41.3 Å². The van der Waals surface area contributed by atoms with Crippen LogP contribution in [0.2, 0.25) is 0 Å². The summed E-state index contributed by atoms with van der Waals surface area (Å²) >= 11 is 0. The zero-order valence-corrected chi connectivity index (χ0v) is 22.8. The summed E-state index contributed by atoms with van der Waals surface area (Å²) in [5, 5.41) is 6.89. The Morgan fingerprint density at radius 2 is 1.79 bits per heavy atom. The Morgan fingerprint density at radius 1 is 1.08 bits per heavy atom. The minimum absolute atomic E-state index is 0.0268. The van der Waals surface area contributed by atoms with E-state index in [4.69, 9.17) is 4.52 Å². The molecule has 2 aliphatic rings. The number of carbonyl (C=O) groups is 1. The van der Waals surface area contributed by atoms with Crippen molar-refractivity contribution in [1.29, 1.82) is 0 Å². The summed E-state index contributed by atoms with van der Waals surface area (Å²) in [6, 6.07) is 14.7. The average Bonchev–Trinajstić information content (AvgIpc) is 3.33. The Labute approximate surface area is 228 Å². The lowest BCUT2D eigenvalue weighted by atomic mass is 9.97. The van der Waals surface area contributed by atoms with Gasteiger partial charge in [-0.15, -0.1) is 0 Å². The summed E-state index contributed by atoms with van der Waals surface area (Å²) in [5.74, 6) is -0.631. The molecule has 2 aliphatic heterocycles. The molecule has 10 heteroatoms. The molecule has 0 atom stereocenters. The molecule has 1 saturated heterocycles. The minimum Gasteiger partial charge on any atom is -0.355 e. The number of carbonyl (C=O) groups excluding carboxylic acids is 1. The smallest absolute Gasteiger partial charge is 0.248 e. The van der Waals surface area contributed by atoms with E-state index in [1.807, 2.05) is 0 Å². The fourth-order valence-corrected chi connectivity index (χ4v) is 7.01. The van der Waals surface area contributed by atoms with Crippen LogP contribution >= 0.6 is 0 Å². The molecule has 0 unspecified atom stereocenters. The van der Waals surface area contributed by atoms with Crippen LogP contribution in [0.3, 0.4) is 0 Å². The lowest BCUT2D eigenvalue weighted by Crippen LogP contribution is -2.44. The number of sulfonamides is 1. The number of nitrogens with one attached hydrogen (secondary N) is 1. The monoisotopic (exact) mass is 552 g/mol. The zero-order valence-electron chi connectivity index (χ0n) is 22.0. The van der Waals surface area contributed by atoms with Gasteiger partial charge in [-0.2, -0.15) is 4.31 Å². The van der Waals surface area contributed by atoms with Gasteiger partial charge >= 0.3 is 0 Å². The van der Waals surface area contributed by atoms with Crippen molar-refractivity contribution in [2.24, 2.45) is 5.92 Å². The van der Waals surface area contributed by atoms with Crippen LogP contribution in [0.1, 0.15) is 41.0 Å². The molecular formula is C29H33FN4O4S. The summed E-state index contributed by atoms with van der Waals surface area (Å²) < 4.78 is 47.6. The van der Waals surface area contributed by atoms with Crippen LogP contribution in [0.4, 0.5) is 4.39 Å². The lowest BCUT2D eigenvalue weighted by Gasteiger charge is -2.31. The predicted octanol–water partition coefficient (Wildman–Crippen LogP) is 3.87. The SMILES string of the molecule is Cc1noc(/C=C/c2ccccc2F)c1S(=O)(=O)N1CCC(C(=O)NCCN2CCc3ccccc3C2)CC1. The number of nitrogens with zero attached hydrogens (tertiary/aromatic N) is 3. The number of aryl methyl sites for hydroxylation is 1. The number of amides is 1. The zero-order chi connectivity index (χ0) is 27.4. The van der Waals surface area contributed by atoms with Crippen LogP contribution in [0.5, 0.6) is 0 Å². The number of fused-ring (bicyclic) bond motifs is 1. The normalized spacial score (nSPS) is 17.4. The molecule has 8 nitrogen and oxygen atoms in total. The predicted molar refractivity (Wildman–Crippen MR) is 146 cm³/mol. The highest BCUT2D eigenvalue weighted by atomic mass is 32.2. The Bertz CT molecular complexity index is 1460. The van der Waals surface area contributed by atoms with Gasteiger partial charge in [0.25, 0.3) is 0 Å². The Balaban J connectivity index is 1.14. The second-order valence-corrected chi connectivity index (χ2v) is 12.0. The van der Waals surface area contributed by atoms with E-state index >= 15 is 0 Å². The molecule has 1 N–H and O–H groups in total. The maximum absolute atomic E-state index is 14.0. The molecule has 2 aromatic carbocycles. The van der Waals surface area contributed by atoms with Gasteiger partial charge in [-0.1, -0.05) is 47.6 Å². The number of piperidine rings is 1. The van der Waals surface area contributed by atoms with Crippen LogP contribution in [0.25, 0.3) is 12.2 Å². The van der Waals surface area contributed by atoms with Crippen LogP contribution in [0, 0.1) is 18.7 Å². The minimum atomic E-state index is -3.91. The van der Waals surface area contributed by atoms with Gasteiger partial charge in [-0.3, -0.25) is 9.69 Å². The topological polar surface area (TPSA) is 95.8 Å². The summed E-state index contributed by atoms with van der Waals surface area (Å²) in [6.07, 6.45) is 4.78. The third-order valence-corrected chi connectivity index (χ3v) is 9.57. The molecule has 3 aromatic rings. The van der Waals surface area contributed by atoms with E-state index in [2.05, 4.69) is 39.6 Å². The first-order valence-corrected chi connectivity index (χ1v) is 14.7. The highest BCUT2D eigenvalue weighted by Crippen LogP contribution is 2.29. The number of benzene rings is 2. The molecule has 39 heavy (non-hydrogen) atoms. The number of hydrogen-bond acceptors (Lipinski definition) is 6. The summed E-state index contributed by atoms with van der Waals surface area (Å²) in [4.78, 5) is 15.1. The highest BCUT2D eigenvalue weighted by Gasteiger charge is 2.36. The van der Waals surface area contributed by atoms with E-state index < -0.39 is 15.8 Å². The van der Waals surface area contributed by atoms with E-state index in [1.165, 1.54) is 33.7 Å². The van der Waals surface area contributed by atoms with E-state index in [9.17, 15) is 17.6 Å². The molecule has 0 aliphatic carbocycles. The van der Waals surface area contributed by atoms with Gasteiger partial charge < -0.3 is 9.84 Å². The number of halogens is 1. The molecule has 0 saturated carbocycles. The quantitative estimate of drug-likeness (QED) is 0.456. The fourth-order valence-electron chi connectivity index (χ4n) is 5.29. The molecular weight excluding hydrogens is 519 g/mol. The summed E-state index contributed by atoms with van der Waals surface area (Å²) in [7, 11) is -3.91. The largest absolute Gasteiger partial charge is 0.355 e. The molecule has 0 bridgehead atoms. The van der Waals surface area contributed by atoms with Crippen molar-refractivity contribution >= 4 is 28.1 Å². The van der Waals surface area contributed by atoms with Gasteiger partial charge in [0.1, 0.15) is 11.5 Å². The number of rotatable bonds is 8. The molecule has 1 amide bonds. The first-order valence-electron chi connectivity index (χ1n) is 13.3. The Morgan fingerprint density at radius 3 is 2.56 bits per heavy atom. The molecule has 1 aromatic heterocycles. The van der Waals surface area contributed by atoms with E-state index in [0.29, 0.717) is 24.9 Å². The van der Waals surface area contributed by atoms with Gasteiger partial charge in [0.2, 0.25) is 15.9 Å². The van der Waals surface area contributed by atoms with Crippen molar-refractivity contribution in [3.8, 4) is 0 Å². The maximum atomic E-state index is 14.0. The lowest BCUT2D eigenvalue weighted by molar-refractivity contribution is -0.126. The van der Waals surface area contributed by atoms with Gasteiger partial charge in [-0.25, -0.2) is 12.8 Å². The molecule has 5 rings (SSSR count). The number of aromatic nitrogens is 1. The molecule has 0 radical (unpaired) electrons. The third kappa shape index (κ3) is 6.13. The first kappa shape index (κ1) is 27.2. The van der Waals surface area contributed by atoms with Crippen molar-refractivity contribution < 1.29 is 22.1 Å². The third-order valence-electron chi connectivity index (χ3n) is 7.51. The number of hydrogen-bond donors (Lipinski definition) is 1.